The number of hydrogen-bond donors (Lipinski definition) is 1. The van der Waals surface area contributed by atoms with E-state index >= 15 is 0 Å². The molecule has 1 saturated heterocycles. The molecule has 0 aromatic carbocycles. The zero-order chi connectivity index (χ0) is 10.6. The van der Waals surface area contributed by atoms with Crippen LogP contribution in [0.15, 0.2) is 18.5 Å². The summed E-state index contributed by atoms with van der Waals surface area (Å²) in [5.74, 6) is 0. The van der Waals surface area contributed by atoms with Gasteiger partial charge < -0.3 is 10.1 Å². The molecule has 4 heteroatoms. The van der Waals surface area contributed by atoms with Crippen molar-refractivity contribution in [1.29, 1.82) is 0 Å². The first-order chi connectivity index (χ1) is 7.29. The summed E-state index contributed by atoms with van der Waals surface area (Å²) in [5.41, 5.74) is 0.158. The lowest BCUT2D eigenvalue weighted by Crippen LogP contribution is -2.49. The van der Waals surface area contributed by atoms with E-state index in [9.17, 15) is 0 Å². The van der Waals surface area contributed by atoms with Gasteiger partial charge in [0.25, 0.3) is 0 Å². The Morgan fingerprint density at radius 1 is 1.60 bits per heavy atom. The minimum absolute atomic E-state index is 0.158. The molecule has 4 nitrogen and oxygen atoms in total. The van der Waals surface area contributed by atoms with E-state index in [4.69, 9.17) is 4.74 Å². The minimum atomic E-state index is 0.158. The van der Waals surface area contributed by atoms with Gasteiger partial charge in [-0.25, -0.2) is 0 Å². The van der Waals surface area contributed by atoms with E-state index in [0.717, 1.165) is 32.7 Å². The second-order valence-corrected chi connectivity index (χ2v) is 4.41. The number of aromatic nitrogens is 2. The first-order valence-electron chi connectivity index (χ1n) is 5.59. The van der Waals surface area contributed by atoms with Gasteiger partial charge in [-0.15, -0.1) is 0 Å². The molecule has 0 amide bonds. The van der Waals surface area contributed by atoms with Crippen LogP contribution in [0.3, 0.4) is 0 Å². The number of ether oxygens (including phenoxy) is 1. The molecule has 1 aromatic rings. The summed E-state index contributed by atoms with van der Waals surface area (Å²) >= 11 is 0. The van der Waals surface area contributed by atoms with Gasteiger partial charge in [0.05, 0.1) is 13.2 Å². The molecule has 1 fully saturated rings. The van der Waals surface area contributed by atoms with Crippen molar-refractivity contribution in [2.24, 2.45) is 0 Å². The Morgan fingerprint density at radius 2 is 2.53 bits per heavy atom. The van der Waals surface area contributed by atoms with Crippen LogP contribution in [0.4, 0.5) is 0 Å². The van der Waals surface area contributed by atoms with Crippen LogP contribution in [0, 0.1) is 0 Å². The molecular weight excluding hydrogens is 190 g/mol. The zero-order valence-electron chi connectivity index (χ0n) is 9.28. The van der Waals surface area contributed by atoms with Gasteiger partial charge in [0.1, 0.15) is 0 Å². The maximum Gasteiger partial charge on any atom is 0.0645 e. The molecule has 0 radical (unpaired) electrons. The van der Waals surface area contributed by atoms with Gasteiger partial charge >= 0.3 is 0 Å². The van der Waals surface area contributed by atoms with Crippen LogP contribution in [0.25, 0.3) is 0 Å². The van der Waals surface area contributed by atoms with Gasteiger partial charge in [-0.2, -0.15) is 5.10 Å². The normalized spacial score (nSPS) is 26.7. The van der Waals surface area contributed by atoms with Crippen molar-refractivity contribution in [3.63, 3.8) is 0 Å². The monoisotopic (exact) mass is 209 g/mol. The van der Waals surface area contributed by atoms with Gasteiger partial charge in [-0.1, -0.05) is 0 Å². The van der Waals surface area contributed by atoms with E-state index in [1.54, 1.807) is 0 Å². The quantitative estimate of drug-likeness (QED) is 0.805. The van der Waals surface area contributed by atoms with Gasteiger partial charge in [0.15, 0.2) is 0 Å². The van der Waals surface area contributed by atoms with E-state index in [-0.39, 0.29) is 5.54 Å². The van der Waals surface area contributed by atoms with Crippen LogP contribution < -0.4 is 5.32 Å². The van der Waals surface area contributed by atoms with Crippen molar-refractivity contribution >= 4 is 0 Å². The first kappa shape index (κ1) is 10.6. The fourth-order valence-corrected chi connectivity index (χ4v) is 1.98. The highest BCUT2D eigenvalue weighted by Gasteiger charge is 2.26. The summed E-state index contributed by atoms with van der Waals surface area (Å²) in [6.07, 6.45) is 6.16. The van der Waals surface area contributed by atoms with E-state index < -0.39 is 0 Å². The Labute approximate surface area is 90.6 Å². The number of nitrogens with zero attached hydrogens (tertiary/aromatic N) is 2. The summed E-state index contributed by atoms with van der Waals surface area (Å²) in [6, 6.07) is 1.95. The predicted octanol–water partition coefficient (Wildman–Crippen LogP) is 1.04. The van der Waals surface area contributed by atoms with E-state index in [1.807, 2.05) is 23.1 Å². The summed E-state index contributed by atoms with van der Waals surface area (Å²) < 4.78 is 7.43. The number of rotatable bonds is 4. The number of nitrogens with one attached hydrogen (secondary N) is 1. The summed E-state index contributed by atoms with van der Waals surface area (Å²) in [5, 5.41) is 7.72. The molecule has 2 rings (SSSR count). The Hall–Kier alpha value is -0.870. The van der Waals surface area contributed by atoms with E-state index in [2.05, 4.69) is 17.3 Å². The van der Waals surface area contributed by atoms with Crippen molar-refractivity contribution in [1.82, 2.24) is 15.1 Å². The van der Waals surface area contributed by atoms with Crippen LogP contribution in [0.1, 0.15) is 19.8 Å². The highest BCUT2D eigenvalue weighted by atomic mass is 16.5. The second-order valence-electron chi connectivity index (χ2n) is 4.41. The van der Waals surface area contributed by atoms with Crippen LogP contribution in [0.5, 0.6) is 0 Å². The molecule has 1 unspecified atom stereocenters. The van der Waals surface area contributed by atoms with Gasteiger partial charge in [0.2, 0.25) is 0 Å². The van der Waals surface area contributed by atoms with Crippen molar-refractivity contribution in [2.45, 2.75) is 31.8 Å². The molecular formula is C11H19N3O. The van der Waals surface area contributed by atoms with Crippen LogP contribution in [-0.4, -0.2) is 35.1 Å². The molecule has 1 aromatic heterocycles. The van der Waals surface area contributed by atoms with Crippen LogP contribution in [-0.2, 0) is 11.3 Å². The maximum absolute atomic E-state index is 5.49. The highest BCUT2D eigenvalue weighted by Crippen LogP contribution is 2.17. The minimum Gasteiger partial charge on any atom is -0.380 e. The zero-order valence-corrected chi connectivity index (χ0v) is 9.28. The molecule has 1 aliphatic heterocycles. The smallest absolute Gasteiger partial charge is 0.0645 e. The largest absolute Gasteiger partial charge is 0.380 e. The van der Waals surface area contributed by atoms with Crippen molar-refractivity contribution in [2.75, 3.05) is 19.8 Å². The molecule has 84 valence electrons. The second kappa shape index (κ2) is 4.77. The van der Waals surface area contributed by atoms with Crippen LogP contribution in [0.2, 0.25) is 0 Å². The third-order valence-electron chi connectivity index (χ3n) is 2.89. The topological polar surface area (TPSA) is 39.1 Å². The van der Waals surface area contributed by atoms with E-state index in [0.29, 0.717) is 0 Å². The van der Waals surface area contributed by atoms with Crippen LogP contribution >= 0.6 is 0 Å². The molecule has 15 heavy (non-hydrogen) atoms. The standard InChI is InChI=1S/C11H19N3O/c1-11(4-2-9-15-10-11)12-6-8-14-7-3-5-13-14/h3,5,7,12H,2,4,6,8-10H2,1H3. The van der Waals surface area contributed by atoms with Gasteiger partial charge in [-0.3, -0.25) is 4.68 Å². The maximum atomic E-state index is 5.49. The third kappa shape index (κ3) is 3.04. The molecule has 0 spiro atoms. The Balaban J connectivity index is 1.72. The molecule has 1 aliphatic rings. The Morgan fingerprint density at radius 3 is 3.20 bits per heavy atom. The summed E-state index contributed by atoms with van der Waals surface area (Å²) in [7, 11) is 0. The third-order valence-corrected chi connectivity index (χ3v) is 2.89. The average Bonchev–Trinajstić information content (AvgIpc) is 2.71. The molecule has 2 heterocycles. The SMILES string of the molecule is CC1(NCCn2cccn2)CCCOC1. The first-order valence-corrected chi connectivity index (χ1v) is 5.59. The molecule has 0 saturated carbocycles. The van der Waals surface area contributed by atoms with Crippen molar-refractivity contribution in [3.05, 3.63) is 18.5 Å². The fraction of sp³-hybridized carbons (Fsp3) is 0.727. The lowest BCUT2D eigenvalue weighted by molar-refractivity contribution is 0.0283. The predicted molar refractivity (Wildman–Crippen MR) is 58.7 cm³/mol. The summed E-state index contributed by atoms with van der Waals surface area (Å²) in [6.45, 7) is 5.84. The van der Waals surface area contributed by atoms with E-state index in [1.165, 1.54) is 6.42 Å². The molecule has 0 aliphatic carbocycles. The van der Waals surface area contributed by atoms with Crippen molar-refractivity contribution in [3.8, 4) is 0 Å². The van der Waals surface area contributed by atoms with Crippen molar-refractivity contribution < 1.29 is 4.74 Å². The van der Waals surface area contributed by atoms with Gasteiger partial charge in [-0.05, 0) is 25.8 Å². The Kier molecular flexibility index (Phi) is 3.38. The number of hydrogen-bond acceptors (Lipinski definition) is 3. The molecule has 1 N–H and O–H groups in total. The lowest BCUT2D eigenvalue weighted by Gasteiger charge is -2.34. The molecule has 1 atom stereocenters. The molecule has 0 bridgehead atoms. The average molecular weight is 209 g/mol. The fourth-order valence-electron chi connectivity index (χ4n) is 1.98. The highest BCUT2D eigenvalue weighted by molar-refractivity contribution is 4.85. The lowest BCUT2D eigenvalue weighted by atomic mass is 9.95. The van der Waals surface area contributed by atoms with Gasteiger partial charge in [0, 0.05) is 31.1 Å². The Bertz CT molecular complexity index is 278. The summed E-state index contributed by atoms with van der Waals surface area (Å²) in [4.78, 5) is 0.